The quantitative estimate of drug-likeness (QED) is 0.734. The number of carbonyl (C=O) groups is 1. The zero-order chi connectivity index (χ0) is 18.1. The molecule has 0 aliphatic carbocycles. The number of rotatable bonds is 7. The number of carbonyl (C=O) groups excluding carboxylic acids is 1. The van der Waals surface area contributed by atoms with Gasteiger partial charge in [-0.1, -0.05) is 0 Å². The third-order valence-corrected chi connectivity index (χ3v) is 5.18. The first-order chi connectivity index (χ1) is 12.1. The van der Waals surface area contributed by atoms with E-state index in [1.54, 1.807) is 16.2 Å². The Bertz CT molecular complexity index is 628. The molecule has 134 valence electrons. The Balaban J connectivity index is 1.87. The highest BCUT2D eigenvalue weighted by Gasteiger charge is 2.21. The summed E-state index contributed by atoms with van der Waals surface area (Å²) in [6.45, 7) is 6.64. The van der Waals surface area contributed by atoms with Crippen LogP contribution >= 0.6 is 11.3 Å². The fourth-order valence-electron chi connectivity index (χ4n) is 2.83. The molecule has 1 aromatic heterocycles. The average Bonchev–Trinajstić information content (AvgIpc) is 2.90. The lowest BCUT2D eigenvalue weighted by Crippen LogP contribution is -2.42. The van der Waals surface area contributed by atoms with Crippen molar-refractivity contribution in [1.82, 2.24) is 14.8 Å². The second-order valence-electron chi connectivity index (χ2n) is 6.09. The third kappa shape index (κ3) is 6.00. The molecule has 1 saturated heterocycles. The predicted octanol–water partition coefficient (Wildman–Crippen LogP) is 1.62. The maximum absolute atomic E-state index is 12.5. The van der Waals surface area contributed by atoms with E-state index in [0.29, 0.717) is 32.5 Å². The second kappa shape index (κ2) is 9.97. The van der Waals surface area contributed by atoms with E-state index >= 15 is 0 Å². The molecule has 1 amide bonds. The van der Waals surface area contributed by atoms with Gasteiger partial charge in [0.15, 0.2) is 5.13 Å². The van der Waals surface area contributed by atoms with Gasteiger partial charge in [0.25, 0.3) is 0 Å². The minimum Gasteiger partial charge on any atom is -0.347 e. The molecule has 0 N–H and O–H groups in total. The van der Waals surface area contributed by atoms with E-state index in [-0.39, 0.29) is 5.91 Å². The fraction of sp³-hybridized carbons (Fsp3) is 0.647. The van der Waals surface area contributed by atoms with Crippen molar-refractivity contribution in [3.8, 4) is 12.1 Å². The molecule has 1 aliphatic heterocycles. The van der Waals surface area contributed by atoms with Crippen molar-refractivity contribution >= 4 is 22.4 Å². The molecule has 1 fully saturated rings. The Hall–Kier alpha value is -2.16. The number of amides is 1. The summed E-state index contributed by atoms with van der Waals surface area (Å²) < 4.78 is 0. The van der Waals surface area contributed by atoms with Crippen LogP contribution in [0, 0.1) is 29.6 Å². The van der Waals surface area contributed by atoms with Crippen LogP contribution in [0.25, 0.3) is 0 Å². The third-order valence-electron chi connectivity index (χ3n) is 4.16. The summed E-state index contributed by atoms with van der Waals surface area (Å²) in [5.41, 5.74) is 1.04. The molecule has 0 atom stereocenters. The van der Waals surface area contributed by atoms with Crippen LogP contribution in [0.3, 0.4) is 0 Å². The first-order valence-electron chi connectivity index (χ1n) is 8.55. The van der Waals surface area contributed by atoms with Gasteiger partial charge in [0.05, 0.1) is 37.2 Å². The molecule has 2 heterocycles. The van der Waals surface area contributed by atoms with E-state index in [4.69, 9.17) is 10.5 Å². The van der Waals surface area contributed by atoms with Crippen LogP contribution in [0.5, 0.6) is 0 Å². The lowest BCUT2D eigenvalue weighted by Gasteiger charge is -2.25. The van der Waals surface area contributed by atoms with E-state index in [2.05, 4.69) is 32.3 Å². The molecule has 25 heavy (non-hydrogen) atoms. The van der Waals surface area contributed by atoms with E-state index in [1.165, 1.54) is 0 Å². The first kappa shape index (κ1) is 19.2. The highest BCUT2D eigenvalue weighted by Crippen LogP contribution is 2.21. The first-order valence-corrected chi connectivity index (χ1v) is 9.43. The highest BCUT2D eigenvalue weighted by atomic mass is 32.1. The molecule has 8 heteroatoms. The number of aromatic nitrogens is 1. The fourth-order valence-corrected chi connectivity index (χ4v) is 3.69. The topological polar surface area (TPSA) is 87.3 Å². The summed E-state index contributed by atoms with van der Waals surface area (Å²) in [5.74, 6) is 0.00374. The maximum atomic E-state index is 12.5. The lowest BCUT2D eigenvalue weighted by molar-refractivity contribution is -0.132. The van der Waals surface area contributed by atoms with Crippen LogP contribution in [0.2, 0.25) is 0 Å². The lowest BCUT2D eigenvalue weighted by atomic mass is 10.3. The molecular formula is C17H24N6OS. The van der Waals surface area contributed by atoms with Crippen molar-refractivity contribution in [3.63, 3.8) is 0 Å². The minimum absolute atomic E-state index is 0.00374. The van der Waals surface area contributed by atoms with Gasteiger partial charge >= 0.3 is 0 Å². The van der Waals surface area contributed by atoms with Crippen molar-refractivity contribution < 1.29 is 4.79 Å². The summed E-state index contributed by atoms with van der Waals surface area (Å²) in [5, 5.41) is 20.6. The van der Waals surface area contributed by atoms with Crippen molar-refractivity contribution in [2.75, 3.05) is 50.7 Å². The zero-order valence-electron chi connectivity index (χ0n) is 14.6. The number of thiazole rings is 1. The van der Waals surface area contributed by atoms with Gasteiger partial charge < -0.3 is 9.80 Å². The smallest absolute Gasteiger partial charge is 0.236 e. The van der Waals surface area contributed by atoms with Gasteiger partial charge in [-0.25, -0.2) is 4.98 Å². The molecule has 0 bridgehead atoms. The van der Waals surface area contributed by atoms with Crippen LogP contribution in [-0.2, 0) is 4.79 Å². The van der Waals surface area contributed by atoms with Crippen molar-refractivity contribution in [2.45, 2.75) is 26.2 Å². The van der Waals surface area contributed by atoms with Gasteiger partial charge in [0.1, 0.15) is 0 Å². The average molecular weight is 360 g/mol. The Morgan fingerprint density at radius 2 is 1.96 bits per heavy atom. The molecule has 2 rings (SSSR count). The van der Waals surface area contributed by atoms with Crippen molar-refractivity contribution in [1.29, 1.82) is 10.5 Å². The van der Waals surface area contributed by atoms with Crippen LogP contribution in [0.4, 0.5) is 5.13 Å². The molecule has 1 aromatic rings. The Morgan fingerprint density at radius 3 is 2.56 bits per heavy atom. The van der Waals surface area contributed by atoms with Gasteiger partial charge in [-0.3, -0.25) is 9.69 Å². The van der Waals surface area contributed by atoms with E-state index < -0.39 is 0 Å². The van der Waals surface area contributed by atoms with Crippen LogP contribution in [0.1, 0.15) is 25.0 Å². The van der Waals surface area contributed by atoms with Crippen molar-refractivity contribution in [2.24, 2.45) is 0 Å². The monoisotopic (exact) mass is 360 g/mol. The molecule has 0 spiro atoms. The molecule has 0 aromatic carbocycles. The summed E-state index contributed by atoms with van der Waals surface area (Å²) in [7, 11) is 0. The molecule has 0 unspecified atom stereocenters. The van der Waals surface area contributed by atoms with E-state index in [1.807, 2.05) is 6.92 Å². The normalized spacial score (nSPS) is 15.2. The summed E-state index contributed by atoms with van der Waals surface area (Å²) in [6.07, 6.45) is 1.59. The zero-order valence-corrected chi connectivity index (χ0v) is 15.5. The largest absolute Gasteiger partial charge is 0.347 e. The van der Waals surface area contributed by atoms with Gasteiger partial charge in [-0.15, -0.1) is 11.3 Å². The number of anilines is 1. The van der Waals surface area contributed by atoms with Crippen molar-refractivity contribution in [3.05, 3.63) is 11.1 Å². The van der Waals surface area contributed by atoms with Gasteiger partial charge in [0, 0.05) is 44.6 Å². The predicted molar refractivity (Wildman–Crippen MR) is 97.2 cm³/mol. The molecule has 0 radical (unpaired) electrons. The van der Waals surface area contributed by atoms with Gasteiger partial charge in [-0.05, 0) is 13.3 Å². The van der Waals surface area contributed by atoms with Gasteiger partial charge in [-0.2, -0.15) is 10.5 Å². The SMILES string of the molecule is Cc1csc(N2CCCN(CC(=O)N(CCC#N)CCC#N)CC2)n1. The van der Waals surface area contributed by atoms with Crippen LogP contribution < -0.4 is 4.90 Å². The van der Waals surface area contributed by atoms with Crippen LogP contribution in [0.15, 0.2) is 5.38 Å². The number of hydrogen-bond acceptors (Lipinski definition) is 7. The Morgan fingerprint density at radius 1 is 1.24 bits per heavy atom. The van der Waals surface area contributed by atoms with Gasteiger partial charge in [0.2, 0.25) is 5.91 Å². The standard InChI is InChI=1S/C17H24N6OS/c1-15-14-25-17(20-15)23-10-4-7-21(11-12-23)13-16(24)22(8-2-5-18)9-3-6-19/h14H,2-4,7-13H2,1H3. The summed E-state index contributed by atoms with van der Waals surface area (Å²) >= 11 is 1.66. The molecule has 0 saturated carbocycles. The van der Waals surface area contributed by atoms with Crippen LogP contribution in [-0.4, -0.2) is 66.5 Å². The molecule has 1 aliphatic rings. The number of aryl methyl sites for hydroxylation is 1. The highest BCUT2D eigenvalue weighted by molar-refractivity contribution is 7.13. The Labute approximate surface area is 153 Å². The summed E-state index contributed by atoms with van der Waals surface area (Å²) in [4.78, 5) is 23.2. The van der Waals surface area contributed by atoms with E-state index in [9.17, 15) is 4.79 Å². The minimum atomic E-state index is 0.00374. The number of nitriles is 2. The Kier molecular flexibility index (Phi) is 7.65. The maximum Gasteiger partial charge on any atom is 0.236 e. The molecule has 7 nitrogen and oxygen atoms in total. The molecular weight excluding hydrogens is 336 g/mol. The second-order valence-corrected chi connectivity index (χ2v) is 6.92. The number of hydrogen-bond donors (Lipinski definition) is 0. The number of nitrogens with zero attached hydrogens (tertiary/aromatic N) is 6. The summed E-state index contributed by atoms with van der Waals surface area (Å²) in [6, 6.07) is 4.13. The van der Waals surface area contributed by atoms with E-state index in [0.717, 1.165) is 43.4 Å².